The molecule has 0 aliphatic heterocycles. The summed E-state index contributed by atoms with van der Waals surface area (Å²) in [5.74, 6) is -1.55. The van der Waals surface area contributed by atoms with Gasteiger partial charge in [0.05, 0.1) is 34.9 Å². The Kier molecular flexibility index (Phi) is 5.72. The normalized spacial score (nSPS) is 10.7. The molecule has 29 heavy (non-hydrogen) atoms. The van der Waals surface area contributed by atoms with Crippen LogP contribution in [-0.4, -0.2) is 28.5 Å². The van der Waals surface area contributed by atoms with Gasteiger partial charge in [-0.1, -0.05) is 12.1 Å². The van der Waals surface area contributed by atoms with Gasteiger partial charge in [-0.05, 0) is 24.6 Å². The standard InChI is InChI=1S/C19H17N3O7/c1-28-18(24)13-5-2-3-6-14(13)20-17(23)7-4-10-21-15-9-8-12(22(26)27)11-16(15)29-19(21)25/h2-3,5-6,8-9,11H,4,7,10H2,1H3,(H,20,23). The van der Waals surface area contributed by atoms with E-state index in [1.165, 1.54) is 35.9 Å². The lowest BCUT2D eigenvalue weighted by Gasteiger charge is -2.09. The molecule has 3 aromatic rings. The van der Waals surface area contributed by atoms with Gasteiger partial charge in [0, 0.05) is 19.0 Å². The van der Waals surface area contributed by atoms with E-state index in [1.807, 2.05) is 0 Å². The molecule has 1 aromatic heterocycles. The molecule has 0 aliphatic carbocycles. The zero-order valence-corrected chi connectivity index (χ0v) is 15.4. The summed E-state index contributed by atoms with van der Waals surface area (Å²) in [7, 11) is 1.25. The van der Waals surface area contributed by atoms with Crippen LogP contribution in [0.15, 0.2) is 51.7 Å². The van der Waals surface area contributed by atoms with Gasteiger partial charge in [-0.15, -0.1) is 0 Å². The number of oxazole rings is 1. The van der Waals surface area contributed by atoms with Gasteiger partial charge in [0.1, 0.15) is 0 Å². The number of ether oxygens (including phenoxy) is 1. The lowest BCUT2D eigenvalue weighted by Crippen LogP contribution is -2.18. The van der Waals surface area contributed by atoms with E-state index in [4.69, 9.17) is 4.42 Å². The van der Waals surface area contributed by atoms with Crippen molar-refractivity contribution in [1.82, 2.24) is 4.57 Å². The first-order valence-electron chi connectivity index (χ1n) is 8.65. The number of nitrogens with zero attached hydrogens (tertiary/aromatic N) is 2. The number of para-hydroxylation sites is 1. The number of non-ortho nitro benzene ring substituents is 1. The molecule has 150 valence electrons. The van der Waals surface area contributed by atoms with Gasteiger partial charge in [0.25, 0.3) is 5.69 Å². The molecule has 0 saturated carbocycles. The topological polar surface area (TPSA) is 134 Å². The molecule has 0 aliphatic rings. The zero-order chi connectivity index (χ0) is 21.0. The van der Waals surface area contributed by atoms with Crippen molar-refractivity contribution in [3.05, 3.63) is 68.7 Å². The van der Waals surface area contributed by atoms with Crippen molar-refractivity contribution >= 4 is 34.4 Å². The van der Waals surface area contributed by atoms with Crippen molar-refractivity contribution in [3.8, 4) is 0 Å². The van der Waals surface area contributed by atoms with Crippen LogP contribution in [0.25, 0.3) is 11.1 Å². The average Bonchev–Trinajstić information content (AvgIpc) is 3.02. The molecule has 2 aromatic carbocycles. The van der Waals surface area contributed by atoms with Crippen LogP contribution in [0.4, 0.5) is 11.4 Å². The maximum absolute atomic E-state index is 12.2. The number of rotatable bonds is 7. The number of carbonyl (C=O) groups excluding carboxylic acids is 2. The highest BCUT2D eigenvalue weighted by Crippen LogP contribution is 2.20. The SMILES string of the molecule is COC(=O)c1ccccc1NC(=O)CCCn1c(=O)oc2cc([N+](=O)[O-])ccc21. The van der Waals surface area contributed by atoms with Crippen LogP contribution in [-0.2, 0) is 16.1 Å². The zero-order valence-electron chi connectivity index (χ0n) is 15.4. The second kappa shape index (κ2) is 8.38. The van der Waals surface area contributed by atoms with Crippen molar-refractivity contribution in [2.75, 3.05) is 12.4 Å². The van der Waals surface area contributed by atoms with Crippen LogP contribution < -0.4 is 11.1 Å². The number of hydrogen-bond acceptors (Lipinski definition) is 7. The molecule has 0 fully saturated rings. The van der Waals surface area contributed by atoms with Gasteiger partial charge in [-0.25, -0.2) is 9.59 Å². The molecule has 0 unspecified atom stereocenters. The molecular formula is C19H17N3O7. The van der Waals surface area contributed by atoms with Crippen molar-refractivity contribution in [2.24, 2.45) is 0 Å². The first-order chi connectivity index (χ1) is 13.9. The van der Waals surface area contributed by atoms with Crippen molar-refractivity contribution in [3.63, 3.8) is 0 Å². The number of aromatic nitrogens is 1. The molecule has 10 heteroatoms. The number of aryl methyl sites for hydroxylation is 1. The Labute approximate surface area is 163 Å². The fourth-order valence-electron chi connectivity index (χ4n) is 2.87. The maximum Gasteiger partial charge on any atom is 0.419 e. The number of carbonyl (C=O) groups is 2. The largest absolute Gasteiger partial charge is 0.465 e. The van der Waals surface area contributed by atoms with E-state index in [2.05, 4.69) is 10.1 Å². The predicted octanol–water partition coefficient (Wildman–Crippen LogP) is 2.71. The van der Waals surface area contributed by atoms with Crippen molar-refractivity contribution < 1.29 is 23.7 Å². The molecule has 1 N–H and O–H groups in total. The third-order valence-corrected chi connectivity index (χ3v) is 4.25. The molecule has 0 bridgehead atoms. The van der Waals surface area contributed by atoms with Crippen LogP contribution in [0, 0.1) is 10.1 Å². The van der Waals surface area contributed by atoms with Gasteiger partial charge < -0.3 is 14.5 Å². The number of esters is 1. The molecular weight excluding hydrogens is 382 g/mol. The first kappa shape index (κ1) is 19.8. The molecule has 1 amide bonds. The summed E-state index contributed by atoms with van der Waals surface area (Å²) in [6, 6.07) is 10.4. The lowest BCUT2D eigenvalue weighted by atomic mass is 10.1. The number of nitro groups is 1. The Morgan fingerprint density at radius 3 is 2.72 bits per heavy atom. The highest BCUT2D eigenvalue weighted by Gasteiger charge is 2.15. The number of amides is 1. The van der Waals surface area contributed by atoms with Crippen LogP contribution in [0.5, 0.6) is 0 Å². The van der Waals surface area contributed by atoms with E-state index in [0.29, 0.717) is 17.6 Å². The van der Waals surface area contributed by atoms with Gasteiger partial charge in [-0.3, -0.25) is 19.5 Å². The predicted molar refractivity (Wildman–Crippen MR) is 103 cm³/mol. The summed E-state index contributed by atoms with van der Waals surface area (Å²) < 4.78 is 11.0. The van der Waals surface area contributed by atoms with Gasteiger partial charge in [0.2, 0.25) is 5.91 Å². The summed E-state index contributed by atoms with van der Waals surface area (Å²) in [5.41, 5.74) is 0.921. The first-order valence-corrected chi connectivity index (χ1v) is 8.65. The Hall–Kier alpha value is -3.95. The highest BCUT2D eigenvalue weighted by molar-refractivity contribution is 6.01. The summed E-state index contributed by atoms with van der Waals surface area (Å²) in [5, 5.41) is 13.5. The second-order valence-corrected chi connectivity index (χ2v) is 6.12. The molecule has 3 rings (SSSR count). The fourth-order valence-corrected chi connectivity index (χ4v) is 2.87. The number of anilines is 1. The minimum Gasteiger partial charge on any atom is -0.465 e. The summed E-state index contributed by atoms with van der Waals surface area (Å²) in [6.45, 7) is 0.190. The lowest BCUT2D eigenvalue weighted by molar-refractivity contribution is -0.384. The van der Waals surface area contributed by atoms with Gasteiger partial charge >= 0.3 is 11.7 Å². The Balaban J connectivity index is 1.66. The second-order valence-electron chi connectivity index (χ2n) is 6.12. The number of methoxy groups -OCH3 is 1. The minimum atomic E-state index is -0.656. The highest BCUT2D eigenvalue weighted by atomic mass is 16.6. The summed E-state index contributed by atoms with van der Waals surface area (Å²) in [6.07, 6.45) is 0.402. The maximum atomic E-state index is 12.2. The van der Waals surface area contributed by atoms with E-state index >= 15 is 0 Å². The Morgan fingerprint density at radius 1 is 1.24 bits per heavy atom. The summed E-state index contributed by atoms with van der Waals surface area (Å²) in [4.78, 5) is 46.2. The number of hydrogen-bond donors (Lipinski definition) is 1. The van der Waals surface area contributed by atoms with Crippen molar-refractivity contribution in [1.29, 1.82) is 0 Å². The number of fused-ring (bicyclic) bond motifs is 1. The quantitative estimate of drug-likeness (QED) is 0.367. The molecule has 0 saturated heterocycles. The van der Waals surface area contributed by atoms with Crippen LogP contribution in [0.3, 0.4) is 0 Å². The Morgan fingerprint density at radius 2 is 2.00 bits per heavy atom. The minimum absolute atomic E-state index is 0.0849. The molecule has 10 nitrogen and oxygen atoms in total. The van der Waals surface area contributed by atoms with Crippen LogP contribution in [0.1, 0.15) is 23.2 Å². The number of nitro benzene ring substituents is 1. The van der Waals surface area contributed by atoms with E-state index in [0.717, 1.165) is 0 Å². The van der Waals surface area contributed by atoms with E-state index < -0.39 is 16.6 Å². The third kappa shape index (κ3) is 4.32. The average molecular weight is 399 g/mol. The molecule has 0 radical (unpaired) electrons. The van der Waals surface area contributed by atoms with Gasteiger partial charge in [0.15, 0.2) is 5.58 Å². The van der Waals surface area contributed by atoms with Crippen LogP contribution in [0.2, 0.25) is 0 Å². The fraction of sp³-hybridized carbons (Fsp3) is 0.211. The molecule has 0 spiro atoms. The monoisotopic (exact) mass is 399 g/mol. The van der Waals surface area contributed by atoms with E-state index in [1.54, 1.807) is 18.2 Å². The smallest absolute Gasteiger partial charge is 0.419 e. The van der Waals surface area contributed by atoms with Crippen LogP contribution >= 0.6 is 0 Å². The molecule has 1 heterocycles. The van der Waals surface area contributed by atoms with E-state index in [-0.39, 0.29) is 35.7 Å². The number of nitrogens with one attached hydrogen (secondary N) is 1. The molecule has 0 atom stereocenters. The van der Waals surface area contributed by atoms with Gasteiger partial charge in [-0.2, -0.15) is 0 Å². The number of benzene rings is 2. The van der Waals surface area contributed by atoms with E-state index in [9.17, 15) is 24.5 Å². The summed E-state index contributed by atoms with van der Waals surface area (Å²) >= 11 is 0. The van der Waals surface area contributed by atoms with Crippen molar-refractivity contribution in [2.45, 2.75) is 19.4 Å². The Bertz CT molecular complexity index is 1150. The third-order valence-electron chi connectivity index (χ3n) is 4.25.